The minimum Gasteiger partial charge on any atom is -0.353 e. The van der Waals surface area contributed by atoms with Gasteiger partial charge in [-0.15, -0.1) is 0 Å². The Morgan fingerprint density at radius 3 is 2.44 bits per heavy atom. The van der Waals surface area contributed by atoms with Gasteiger partial charge in [-0.05, 0) is 50.6 Å². The first kappa shape index (κ1) is 21.9. The Morgan fingerprint density at radius 1 is 1.06 bits per heavy atom. The Morgan fingerprint density at radius 2 is 1.81 bits per heavy atom. The molecule has 32 heavy (non-hydrogen) atoms. The lowest BCUT2D eigenvalue weighted by molar-refractivity contribution is -0.110. The van der Waals surface area contributed by atoms with Crippen LogP contribution in [-0.4, -0.2) is 42.4 Å². The molecule has 0 spiro atoms. The molecule has 6 nitrogen and oxygen atoms in total. The first-order chi connectivity index (χ1) is 15.7. The Kier molecular flexibility index (Phi) is 7.08. The van der Waals surface area contributed by atoms with Gasteiger partial charge >= 0.3 is 0 Å². The monoisotopic (exact) mass is 427 g/mol. The summed E-state index contributed by atoms with van der Waals surface area (Å²) in [6, 6.07) is 18.2. The number of nitriles is 1. The maximum Gasteiger partial charge on any atom is 0.156 e. The molecular formula is C26H29N5O. The van der Waals surface area contributed by atoms with Crippen molar-refractivity contribution in [1.82, 2.24) is 15.3 Å². The molecule has 1 aliphatic carbocycles. The van der Waals surface area contributed by atoms with Gasteiger partial charge in [0.2, 0.25) is 0 Å². The summed E-state index contributed by atoms with van der Waals surface area (Å²) in [5.74, 6) is 1.31. The molecule has 2 heterocycles. The molecule has 6 heteroatoms. The summed E-state index contributed by atoms with van der Waals surface area (Å²) < 4.78 is 0. The number of rotatable bonds is 4. The van der Waals surface area contributed by atoms with E-state index in [0.29, 0.717) is 17.5 Å². The van der Waals surface area contributed by atoms with E-state index in [2.05, 4.69) is 16.3 Å². The van der Waals surface area contributed by atoms with Crippen molar-refractivity contribution in [3.63, 3.8) is 0 Å². The predicted octanol–water partition coefficient (Wildman–Crippen LogP) is 4.34. The zero-order valence-electron chi connectivity index (χ0n) is 18.5. The van der Waals surface area contributed by atoms with Crippen molar-refractivity contribution in [3.05, 3.63) is 54.1 Å². The highest BCUT2D eigenvalue weighted by Gasteiger charge is 2.25. The van der Waals surface area contributed by atoms with Crippen LogP contribution in [0, 0.1) is 17.2 Å². The standard InChI is InChI=1S/C20H19N5.C6H10O/c1-22-16-9-10-25(13-16)20-19(15-6-4-5-14(11-15)12-21)23-17-7-2-3-8-18(17)24-20;7-5-6-3-1-2-4-6/h2-8,11,16,22H,9-10,13H2,1H3;5-6H,1-4H2. The number of likely N-dealkylation sites (N-methyl/N-ethyl adjacent to an activating group) is 1. The molecule has 2 aromatic carbocycles. The number of carbonyl (C=O) groups excluding carboxylic acids is 1. The predicted molar refractivity (Wildman–Crippen MR) is 127 cm³/mol. The fraction of sp³-hybridized carbons (Fsp3) is 0.385. The van der Waals surface area contributed by atoms with Gasteiger partial charge in [0, 0.05) is 30.6 Å². The van der Waals surface area contributed by atoms with Crippen molar-refractivity contribution < 1.29 is 4.79 Å². The van der Waals surface area contributed by atoms with E-state index in [0.717, 1.165) is 66.7 Å². The van der Waals surface area contributed by atoms with Crippen LogP contribution in [-0.2, 0) is 4.79 Å². The van der Waals surface area contributed by atoms with Gasteiger partial charge in [0.05, 0.1) is 22.7 Å². The second kappa shape index (κ2) is 10.3. The van der Waals surface area contributed by atoms with Gasteiger partial charge < -0.3 is 15.0 Å². The highest BCUT2D eigenvalue weighted by molar-refractivity contribution is 5.84. The second-order valence-corrected chi connectivity index (χ2v) is 8.48. The topological polar surface area (TPSA) is 81.9 Å². The molecule has 5 rings (SSSR count). The van der Waals surface area contributed by atoms with E-state index in [-0.39, 0.29) is 0 Å². The fourth-order valence-electron chi connectivity index (χ4n) is 4.42. The minimum absolute atomic E-state index is 0.417. The maximum absolute atomic E-state index is 10.0. The SMILES string of the molecule is CNC1CCN(c2nc3ccccc3nc2-c2cccc(C#N)c2)C1.O=CC1CCCC1. The van der Waals surface area contributed by atoms with Crippen LogP contribution in [0.1, 0.15) is 37.7 Å². The highest BCUT2D eigenvalue weighted by Crippen LogP contribution is 2.32. The van der Waals surface area contributed by atoms with E-state index >= 15 is 0 Å². The lowest BCUT2D eigenvalue weighted by Gasteiger charge is -2.21. The molecule has 2 aliphatic rings. The average molecular weight is 428 g/mol. The number of aromatic nitrogens is 2. The zero-order valence-corrected chi connectivity index (χ0v) is 18.5. The third-order valence-electron chi connectivity index (χ3n) is 6.31. The van der Waals surface area contributed by atoms with Gasteiger partial charge in [-0.25, -0.2) is 9.97 Å². The molecule has 1 aliphatic heterocycles. The van der Waals surface area contributed by atoms with Crippen LogP contribution in [0.5, 0.6) is 0 Å². The minimum atomic E-state index is 0.417. The van der Waals surface area contributed by atoms with Crippen molar-refractivity contribution >= 4 is 23.1 Å². The largest absolute Gasteiger partial charge is 0.353 e. The molecule has 1 unspecified atom stereocenters. The van der Waals surface area contributed by atoms with Crippen molar-refractivity contribution in [1.29, 1.82) is 5.26 Å². The van der Waals surface area contributed by atoms with Crippen LogP contribution in [0.2, 0.25) is 0 Å². The third kappa shape index (κ3) is 4.95. The highest BCUT2D eigenvalue weighted by atomic mass is 16.1. The average Bonchev–Trinajstić information content (AvgIpc) is 3.56. The van der Waals surface area contributed by atoms with E-state index in [1.54, 1.807) is 0 Å². The Hall–Kier alpha value is -3.30. The van der Waals surface area contributed by atoms with E-state index in [4.69, 9.17) is 9.97 Å². The first-order valence-corrected chi connectivity index (χ1v) is 11.4. The Bertz CT molecular complexity index is 1120. The van der Waals surface area contributed by atoms with E-state index in [1.807, 2.05) is 55.6 Å². The van der Waals surface area contributed by atoms with Crippen LogP contribution < -0.4 is 10.2 Å². The molecule has 1 N–H and O–H groups in total. The van der Waals surface area contributed by atoms with Crippen molar-refractivity contribution in [2.24, 2.45) is 5.92 Å². The number of para-hydroxylation sites is 2. The van der Waals surface area contributed by atoms with Gasteiger partial charge in [0.1, 0.15) is 12.0 Å². The van der Waals surface area contributed by atoms with Gasteiger partial charge in [-0.1, -0.05) is 37.1 Å². The number of nitrogens with zero attached hydrogens (tertiary/aromatic N) is 4. The first-order valence-electron chi connectivity index (χ1n) is 11.4. The van der Waals surface area contributed by atoms with E-state index in [1.165, 1.54) is 12.8 Å². The van der Waals surface area contributed by atoms with Crippen molar-refractivity contribution in [3.8, 4) is 17.3 Å². The molecule has 1 aromatic heterocycles. The van der Waals surface area contributed by atoms with Gasteiger partial charge in [0.15, 0.2) is 5.82 Å². The summed E-state index contributed by atoms with van der Waals surface area (Å²) in [5.41, 5.74) is 4.17. The lowest BCUT2D eigenvalue weighted by atomic mass is 10.1. The van der Waals surface area contributed by atoms with Crippen LogP contribution in [0.15, 0.2) is 48.5 Å². The number of aldehydes is 1. The summed E-state index contributed by atoms with van der Waals surface area (Å²) in [6.45, 7) is 1.86. The number of benzene rings is 2. The number of fused-ring (bicyclic) bond motifs is 1. The number of nitrogens with one attached hydrogen (secondary N) is 1. The Balaban J connectivity index is 0.000000300. The molecule has 1 atom stereocenters. The van der Waals surface area contributed by atoms with Crippen LogP contribution in [0.25, 0.3) is 22.3 Å². The second-order valence-electron chi connectivity index (χ2n) is 8.48. The van der Waals surface area contributed by atoms with Gasteiger partial charge in [-0.3, -0.25) is 0 Å². The lowest BCUT2D eigenvalue weighted by Crippen LogP contribution is -2.30. The summed E-state index contributed by atoms with van der Waals surface area (Å²) >= 11 is 0. The van der Waals surface area contributed by atoms with E-state index < -0.39 is 0 Å². The van der Waals surface area contributed by atoms with E-state index in [9.17, 15) is 10.1 Å². The zero-order chi connectivity index (χ0) is 22.3. The molecule has 1 saturated heterocycles. The molecule has 1 saturated carbocycles. The fourth-order valence-corrected chi connectivity index (χ4v) is 4.42. The van der Waals surface area contributed by atoms with Crippen LogP contribution in [0.4, 0.5) is 5.82 Å². The van der Waals surface area contributed by atoms with Crippen LogP contribution in [0.3, 0.4) is 0 Å². The summed E-state index contributed by atoms with van der Waals surface area (Å²) in [5, 5.41) is 12.6. The number of anilines is 1. The number of hydrogen-bond donors (Lipinski definition) is 1. The quantitative estimate of drug-likeness (QED) is 0.624. The number of carbonyl (C=O) groups is 1. The third-order valence-corrected chi connectivity index (χ3v) is 6.31. The smallest absolute Gasteiger partial charge is 0.156 e. The van der Waals surface area contributed by atoms with Gasteiger partial charge in [-0.2, -0.15) is 5.26 Å². The summed E-state index contributed by atoms with van der Waals surface area (Å²) in [6.07, 6.45) is 7.00. The summed E-state index contributed by atoms with van der Waals surface area (Å²) in [4.78, 5) is 22.1. The van der Waals surface area contributed by atoms with Crippen LogP contribution >= 0.6 is 0 Å². The molecule has 0 radical (unpaired) electrons. The molecule has 3 aromatic rings. The van der Waals surface area contributed by atoms with Crippen molar-refractivity contribution in [2.75, 3.05) is 25.0 Å². The molecule has 0 bridgehead atoms. The summed E-state index contributed by atoms with van der Waals surface area (Å²) in [7, 11) is 2.00. The maximum atomic E-state index is 10.0. The van der Waals surface area contributed by atoms with Crippen molar-refractivity contribution in [2.45, 2.75) is 38.1 Å². The number of hydrogen-bond acceptors (Lipinski definition) is 6. The molecule has 2 fully saturated rings. The van der Waals surface area contributed by atoms with Gasteiger partial charge in [0.25, 0.3) is 0 Å². The normalized spacial score (nSPS) is 18.2. The Labute approximate surface area is 189 Å². The molecule has 0 amide bonds. The molecule has 164 valence electrons. The molecular weight excluding hydrogens is 398 g/mol.